The molecule has 22 heavy (non-hydrogen) atoms. The summed E-state index contributed by atoms with van der Waals surface area (Å²) < 4.78 is 5.43. The molecule has 4 nitrogen and oxygen atoms in total. The maximum atomic E-state index is 12.4. The Morgan fingerprint density at radius 3 is 2.59 bits per heavy atom. The second-order valence-electron chi connectivity index (χ2n) is 5.30. The van der Waals surface area contributed by atoms with Gasteiger partial charge in [-0.15, -0.1) is 0 Å². The number of carbonyl (C=O) groups excluding carboxylic acids is 1. The van der Waals surface area contributed by atoms with Crippen molar-refractivity contribution in [2.45, 2.75) is 25.2 Å². The van der Waals surface area contributed by atoms with Gasteiger partial charge < -0.3 is 4.74 Å². The summed E-state index contributed by atoms with van der Waals surface area (Å²) in [7, 11) is 0. The van der Waals surface area contributed by atoms with Crippen molar-refractivity contribution in [2.24, 2.45) is 5.92 Å². The minimum atomic E-state index is -0.904. The molecule has 1 aliphatic carbocycles. The Labute approximate surface area is 137 Å². The van der Waals surface area contributed by atoms with Gasteiger partial charge in [0, 0.05) is 34.4 Å². The van der Waals surface area contributed by atoms with Gasteiger partial charge in [-0.05, 0) is 24.1 Å². The fourth-order valence-electron chi connectivity index (χ4n) is 3.05. The molecule has 0 amide bonds. The van der Waals surface area contributed by atoms with E-state index in [0.717, 1.165) is 0 Å². The zero-order chi connectivity index (χ0) is 15.9. The third-order valence-corrected chi connectivity index (χ3v) is 4.68. The Balaban J connectivity index is 2.26. The Bertz CT molecular complexity index is 729. The van der Waals surface area contributed by atoms with E-state index in [9.17, 15) is 10.1 Å². The summed E-state index contributed by atoms with van der Waals surface area (Å²) in [5, 5.41) is 18.2. The van der Waals surface area contributed by atoms with Crippen LogP contribution < -0.4 is 0 Å². The second-order valence-corrected chi connectivity index (χ2v) is 6.11. The van der Waals surface area contributed by atoms with Crippen molar-refractivity contribution in [1.29, 1.82) is 10.7 Å². The Hall–Kier alpha value is -1.83. The highest BCUT2D eigenvalue weighted by atomic mass is 35.5. The van der Waals surface area contributed by atoms with E-state index in [1.807, 2.05) is 0 Å². The van der Waals surface area contributed by atoms with Gasteiger partial charge in [-0.1, -0.05) is 29.3 Å². The normalized spacial score (nSPS) is 24.6. The third-order valence-electron chi connectivity index (χ3n) is 4.02. The molecule has 1 aliphatic heterocycles. The van der Waals surface area contributed by atoms with Crippen molar-refractivity contribution in [3.8, 4) is 6.07 Å². The van der Waals surface area contributed by atoms with Crippen LogP contribution in [-0.2, 0) is 9.53 Å². The molecule has 6 heteroatoms. The predicted molar refractivity (Wildman–Crippen MR) is 83.0 cm³/mol. The average Bonchev–Trinajstić information content (AvgIpc) is 2.46. The summed E-state index contributed by atoms with van der Waals surface area (Å²) in [6.45, 7) is 0. The van der Waals surface area contributed by atoms with Crippen LogP contribution in [0.4, 0.5) is 0 Å². The van der Waals surface area contributed by atoms with Gasteiger partial charge in [0.15, 0.2) is 5.78 Å². The molecule has 0 radical (unpaired) electrons. The number of nitrogens with one attached hydrogen (secondary N) is 1. The number of rotatable bonds is 1. The van der Waals surface area contributed by atoms with Crippen molar-refractivity contribution in [1.82, 2.24) is 0 Å². The zero-order valence-electron chi connectivity index (χ0n) is 11.5. The molecular weight excluding hydrogens is 323 g/mol. The molecule has 1 heterocycles. The molecule has 0 spiro atoms. The summed E-state index contributed by atoms with van der Waals surface area (Å²) in [6.07, 6.45) is 1.68. The topological polar surface area (TPSA) is 73.9 Å². The minimum Gasteiger partial charge on any atom is -0.446 e. The summed E-state index contributed by atoms with van der Waals surface area (Å²) in [5.41, 5.74) is 0.969. The standard InChI is InChI=1S/C16H12Cl2N2O2/c17-9-3-1-4-10(18)14(9)13-8(7-19)16(20)22-12-6-2-5-11(21)15(12)13/h1,3-4,8,13,20H,2,5-6H2. The monoisotopic (exact) mass is 334 g/mol. The number of ether oxygens (including phenoxy) is 1. The van der Waals surface area contributed by atoms with Crippen molar-refractivity contribution in [3.05, 3.63) is 45.1 Å². The van der Waals surface area contributed by atoms with Crippen molar-refractivity contribution >= 4 is 34.9 Å². The van der Waals surface area contributed by atoms with E-state index in [0.29, 0.717) is 46.2 Å². The number of halogens is 2. The molecule has 0 saturated heterocycles. The lowest BCUT2D eigenvalue weighted by molar-refractivity contribution is -0.116. The van der Waals surface area contributed by atoms with Crippen LogP contribution in [0.15, 0.2) is 29.5 Å². The Morgan fingerprint density at radius 2 is 1.95 bits per heavy atom. The van der Waals surface area contributed by atoms with Crippen LogP contribution in [-0.4, -0.2) is 11.7 Å². The first-order valence-electron chi connectivity index (χ1n) is 6.90. The van der Waals surface area contributed by atoms with Gasteiger partial charge in [-0.3, -0.25) is 10.2 Å². The van der Waals surface area contributed by atoms with E-state index < -0.39 is 11.8 Å². The number of ketones is 1. The number of carbonyl (C=O) groups is 1. The molecule has 0 fully saturated rings. The smallest absolute Gasteiger partial charge is 0.205 e. The number of nitrogens with zero attached hydrogens (tertiary/aromatic N) is 1. The fourth-order valence-corrected chi connectivity index (χ4v) is 3.69. The summed E-state index contributed by atoms with van der Waals surface area (Å²) in [6, 6.07) is 7.10. The molecule has 1 aromatic rings. The molecule has 2 unspecified atom stereocenters. The molecular formula is C16H12Cl2N2O2. The Morgan fingerprint density at radius 1 is 1.27 bits per heavy atom. The highest BCUT2D eigenvalue weighted by molar-refractivity contribution is 6.36. The zero-order valence-corrected chi connectivity index (χ0v) is 13.0. The number of benzene rings is 1. The molecule has 112 valence electrons. The van der Waals surface area contributed by atoms with E-state index in [2.05, 4.69) is 6.07 Å². The fraction of sp³-hybridized carbons (Fsp3) is 0.312. The van der Waals surface area contributed by atoms with Gasteiger partial charge >= 0.3 is 0 Å². The van der Waals surface area contributed by atoms with Crippen LogP contribution in [0.1, 0.15) is 30.7 Å². The molecule has 2 atom stereocenters. The van der Waals surface area contributed by atoms with Gasteiger partial charge in [0.25, 0.3) is 0 Å². The van der Waals surface area contributed by atoms with E-state index in [4.69, 9.17) is 33.3 Å². The summed E-state index contributed by atoms with van der Waals surface area (Å²) >= 11 is 12.5. The van der Waals surface area contributed by atoms with Crippen LogP contribution in [0.25, 0.3) is 0 Å². The minimum absolute atomic E-state index is 0.0602. The van der Waals surface area contributed by atoms with Crippen LogP contribution in [0.5, 0.6) is 0 Å². The van der Waals surface area contributed by atoms with Crippen LogP contribution in [0.2, 0.25) is 10.0 Å². The molecule has 0 aromatic heterocycles. The molecule has 1 N–H and O–H groups in total. The van der Waals surface area contributed by atoms with E-state index in [1.54, 1.807) is 18.2 Å². The second kappa shape index (κ2) is 5.75. The first-order valence-corrected chi connectivity index (χ1v) is 7.66. The molecule has 1 aromatic carbocycles. The van der Waals surface area contributed by atoms with Crippen molar-refractivity contribution in [3.63, 3.8) is 0 Å². The van der Waals surface area contributed by atoms with Gasteiger partial charge in [-0.25, -0.2) is 0 Å². The average molecular weight is 335 g/mol. The highest BCUT2D eigenvalue weighted by Crippen LogP contribution is 2.47. The third kappa shape index (κ3) is 2.31. The maximum absolute atomic E-state index is 12.4. The lowest BCUT2D eigenvalue weighted by atomic mass is 9.74. The van der Waals surface area contributed by atoms with Crippen molar-refractivity contribution < 1.29 is 9.53 Å². The Kier molecular flexibility index (Phi) is 3.94. The van der Waals surface area contributed by atoms with E-state index >= 15 is 0 Å². The lowest BCUT2D eigenvalue weighted by Crippen LogP contribution is -2.34. The first kappa shape index (κ1) is 15.1. The summed E-state index contributed by atoms with van der Waals surface area (Å²) in [5.74, 6) is -1.28. The predicted octanol–water partition coefficient (Wildman–Crippen LogP) is 4.23. The summed E-state index contributed by atoms with van der Waals surface area (Å²) in [4.78, 5) is 12.4. The van der Waals surface area contributed by atoms with Gasteiger partial charge in [0.05, 0.1) is 6.07 Å². The van der Waals surface area contributed by atoms with Crippen LogP contribution >= 0.6 is 23.2 Å². The molecule has 3 rings (SSSR count). The number of nitriles is 1. The SMILES string of the molecule is N#CC1C(=N)OC2=C(C(=O)CCC2)C1c1c(Cl)cccc1Cl. The molecule has 2 aliphatic rings. The molecule has 0 bridgehead atoms. The van der Waals surface area contributed by atoms with E-state index in [-0.39, 0.29) is 11.7 Å². The number of hydrogen-bond acceptors (Lipinski definition) is 4. The van der Waals surface area contributed by atoms with Crippen molar-refractivity contribution in [2.75, 3.05) is 0 Å². The van der Waals surface area contributed by atoms with Crippen LogP contribution in [0.3, 0.4) is 0 Å². The largest absolute Gasteiger partial charge is 0.446 e. The number of allylic oxidation sites excluding steroid dienone is 2. The lowest BCUT2D eigenvalue weighted by Gasteiger charge is -2.34. The van der Waals surface area contributed by atoms with Gasteiger partial charge in [0.2, 0.25) is 5.90 Å². The highest BCUT2D eigenvalue weighted by Gasteiger charge is 2.43. The maximum Gasteiger partial charge on any atom is 0.205 e. The molecule has 0 saturated carbocycles. The van der Waals surface area contributed by atoms with Gasteiger partial charge in [0.1, 0.15) is 11.7 Å². The van der Waals surface area contributed by atoms with E-state index in [1.165, 1.54) is 0 Å². The van der Waals surface area contributed by atoms with Gasteiger partial charge in [-0.2, -0.15) is 5.26 Å². The first-order chi connectivity index (χ1) is 10.5. The van der Waals surface area contributed by atoms with Crippen LogP contribution in [0, 0.1) is 22.7 Å². The quantitative estimate of drug-likeness (QED) is 0.834. The number of Topliss-reactive ketones (excluding diaryl/α,β-unsaturated/α-hetero) is 1. The number of hydrogen-bond donors (Lipinski definition) is 1.